The van der Waals surface area contributed by atoms with Gasteiger partial charge in [0, 0.05) is 31.1 Å². The highest BCUT2D eigenvalue weighted by molar-refractivity contribution is 6.05. The van der Waals surface area contributed by atoms with Crippen molar-refractivity contribution in [3.8, 4) is 11.5 Å². The quantitative estimate of drug-likeness (QED) is 0.691. The van der Waals surface area contributed by atoms with Crippen LogP contribution in [-0.4, -0.2) is 61.4 Å². The van der Waals surface area contributed by atoms with E-state index in [0.717, 1.165) is 11.1 Å². The molecule has 0 bridgehead atoms. The van der Waals surface area contributed by atoms with Crippen LogP contribution in [0.5, 0.6) is 11.5 Å². The molecule has 0 saturated carbocycles. The number of hydrogen-bond acceptors (Lipinski definition) is 5. The van der Waals surface area contributed by atoms with Crippen molar-refractivity contribution in [1.82, 2.24) is 15.2 Å². The van der Waals surface area contributed by atoms with E-state index in [2.05, 4.69) is 10.4 Å². The fourth-order valence-electron chi connectivity index (χ4n) is 3.59. The first-order valence-corrected chi connectivity index (χ1v) is 10.6. The Kier molecular flexibility index (Phi) is 7.52. The number of likely N-dealkylation sites (N-methyl/N-ethyl adjacent to an activating group) is 1. The minimum Gasteiger partial charge on any atom is -0.497 e. The number of ether oxygens (including phenoxy) is 2. The van der Waals surface area contributed by atoms with Crippen LogP contribution in [0.2, 0.25) is 0 Å². The van der Waals surface area contributed by atoms with E-state index in [0.29, 0.717) is 23.6 Å². The molecule has 176 valence electrons. The van der Waals surface area contributed by atoms with Crippen LogP contribution in [0.3, 0.4) is 0 Å². The Morgan fingerprint density at radius 3 is 2.48 bits per heavy atom. The average Bonchev–Trinajstić information content (AvgIpc) is 3.24. The topological polar surface area (TPSA) is 83.5 Å². The molecule has 2 aromatic carbocycles. The number of amides is 3. The Morgan fingerprint density at radius 2 is 1.88 bits per heavy atom. The van der Waals surface area contributed by atoms with Crippen molar-refractivity contribution in [2.24, 2.45) is 5.10 Å². The molecule has 1 atom stereocenters. The highest BCUT2D eigenvalue weighted by Crippen LogP contribution is 2.36. The Bertz CT molecular complexity index is 1040. The molecular formula is C24H29FN4O4. The SMILES string of the molecule is COc1ccc(C2=NN(C(=O)CN(C)C(=O)NC(C)C)C(c3ccc(F)cc3)C2)c(OC)c1. The number of methoxy groups -OCH3 is 2. The van der Waals surface area contributed by atoms with Crippen molar-refractivity contribution < 1.29 is 23.5 Å². The number of benzene rings is 2. The maximum absolute atomic E-state index is 13.5. The standard InChI is InChI=1S/C24H29FN4O4/c1-15(2)26-24(31)28(3)14-23(30)29-21(16-6-8-17(25)9-7-16)13-20(27-29)19-11-10-18(32-4)12-22(19)33-5/h6-12,15,21H,13-14H2,1-5H3,(H,26,31). The lowest BCUT2D eigenvalue weighted by molar-refractivity contribution is -0.133. The third-order valence-corrected chi connectivity index (χ3v) is 5.27. The highest BCUT2D eigenvalue weighted by Gasteiger charge is 2.35. The molecule has 1 N–H and O–H groups in total. The number of carbonyl (C=O) groups is 2. The van der Waals surface area contributed by atoms with E-state index in [9.17, 15) is 14.0 Å². The Hall–Kier alpha value is -3.62. The first-order chi connectivity index (χ1) is 15.7. The lowest BCUT2D eigenvalue weighted by atomic mass is 9.97. The zero-order valence-electron chi connectivity index (χ0n) is 19.5. The summed E-state index contributed by atoms with van der Waals surface area (Å²) in [5, 5.41) is 8.73. The summed E-state index contributed by atoms with van der Waals surface area (Å²) in [6, 6.07) is 10.5. The summed E-state index contributed by atoms with van der Waals surface area (Å²) in [7, 11) is 4.67. The molecule has 8 nitrogen and oxygen atoms in total. The molecule has 1 aliphatic rings. The normalized spacial score (nSPS) is 15.3. The van der Waals surface area contributed by atoms with Gasteiger partial charge >= 0.3 is 6.03 Å². The molecule has 3 rings (SSSR count). The summed E-state index contributed by atoms with van der Waals surface area (Å²) < 4.78 is 24.3. The zero-order chi connectivity index (χ0) is 24.1. The molecule has 0 saturated heterocycles. The molecule has 0 fully saturated rings. The highest BCUT2D eigenvalue weighted by atomic mass is 19.1. The van der Waals surface area contributed by atoms with Gasteiger partial charge in [0.1, 0.15) is 23.9 Å². The number of nitrogens with one attached hydrogen (secondary N) is 1. The first kappa shape index (κ1) is 24.0. The van der Waals surface area contributed by atoms with E-state index in [1.54, 1.807) is 45.5 Å². The van der Waals surface area contributed by atoms with Crippen LogP contribution in [0.15, 0.2) is 47.6 Å². The molecule has 0 aliphatic carbocycles. The number of rotatable bonds is 7. The van der Waals surface area contributed by atoms with Crippen molar-refractivity contribution >= 4 is 17.6 Å². The smallest absolute Gasteiger partial charge is 0.317 e. The molecule has 33 heavy (non-hydrogen) atoms. The maximum atomic E-state index is 13.5. The van der Waals surface area contributed by atoms with Gasteiger partial charge in [-0.05, 0) is 43.7 Å². The van der Waals surface area contributed by atoms with Gasteiger partial charge in [-0.25, -0.2) is 14.2 Å². The van der Waals surface area contributed by atoms with E-state index < -0.39 is 6.04 Å². The molecular weight excluding hydrogens is 427 g/mol. The van der Waals surface area contributed by atoms with Crippen LogP contribution < -0.4 is 14.8 Å². The predicted octanol–water partition coefficient (Wildman–Crippen LogP) is 3.57. The van der Waals surface area contributed by atoms with Crippen molar-refractivity contribution in [3.05, 3.63) is 59.4 Å². The Balaban J connectivity index is 1.92. The lowest BCUT2D eigenvalue weighted by Crippen LogP contribution is -2.45. The van der Waals surface area contributed by atoms with Gasteiger partial charge in [-0.15, -0.1) is 0 Å². The summed E-state index contributed by atoms with van der Waals surface area (Å²) >= 11 is 0. The molecule has 1 heterocycles. The second kappa shape index (κ2) is 10.3. The van der Waals surface area contributed by atoms with Gasteiger partial charge in [-0.1, -0.05) is 12.1 Å². The second-order valence-electron chi connectivity index (χ2n) is 8.08. The Morgan fingerprint density at radius 1 is 1.18 bits per heavy atom. The largest absolute Gasteiger partial charge is 0.497 e. The second-order valence-corrected chi connectivity index (χ2v) is 8.08. The van der Waals surface area contributed by atoms with Crippen molar-refractivity contribution in [1.29, 1.82) is 0 Å². The molecule has 9 heteroatoms. The molecule has 2 aromatic rings. The number of halogens is 1. The zero-order valence-corrected chi connectivity index (χ0v) is 19.5. The molecule has 0 radical (unpaired) electrons. The summed E-state index contributed by atoms with van der Waals surface area (Å²) in [6.45, 7) is 3.53. The van der Waals surface area contributed by atoms with Crippen molar-refractivity contribution in [3.63, 3.8) is 0 Å². The van der Waals surface area contributed by atoms with Crippen LogP contribution in [0.4, 0.5) is 9.18 Å². The van der Waals surface area contributed by atoms with Gasteiger partial charge in [0.2, 0.25) is 0 Å². The number of hydrogen-bond donors (Lipinski definition) is 1. The summed E-state index contributed by atoms with van der Waals surface area (Å²) in [6.07, 6.45) is 0.405. The number of nitrogens with zero attached hydrogens (tertiary/aromatic N) is 3. The van der Waals surface area contributed by atoms with E-state index >= 15 is 0 Å². The van der Waals surface area contributed by atoms with E-state index in [-0.39, 0.29) is 30.3 Å². The van der Waals surface area contributed by atoms with Crippen LogP contribution in [-0.2, 0) is 4.79 Å². The fraction of sp³-hybridized carbons (Fsp3) is 0.375. The van der Waals surface area contributed by atoms with Crippen molar-refractivity contribution in [2.75, 3.05) is 27.8 Å². The number of hydrazone groups is 1. The molecule has 1 aliphatic heterocycles. The third-order valence-electron chi connectivity index (χ3n) is 5.27. The maximum Gasteiger partial charge on any atom is 0.317 e. The van der Waals surface area contributed by atoms with Crippen LogP contribution >= 0.6 is 0 Å². The predicted molar refractivity (Wildman–Crippen MR) is 123 cm³/mol. The summed E-state index contributed by atoms with van der Waals surface area (Å²) in [4.78, 5) is 26.8. The van der Waals surface area contributed by atoms with Gasteiger partial charge in [-0.3, -0.25) is 4.79 Å². The van der Waals surface area contributed by atoms with Gasteiger partial charge in [0.05, 0.1) is 26.0 Å². The van der Waals surface area contributed by atoms with E-state index in [1.807, 2.05) is 19.9 Å². The van der Waals surface area contributed by atoms with Gasteiger partial charge < -0.3 is 19.7 Å². The Labute approximate surface area is 193 Å². The number of carbonyl (C=O) groups excluding carboxylic acids is 2. The van der Waals surface area contributed by atoms with Gasteiger partial charge in [0.25, 0.3) is 5.91 Å². The van der Waals surface area contributed by atoms with Gasteiger partial charge in [-0.2, -0.15) is 5.10 Å². The van der Waals surface area contributed by atoms with Gasteiger partial charge in [0.15, 0.2) is 0 Å². The minimum absolute atomic E-state index is 0.0547. The first-order valence-electron chi connectivity index (χ1n) is 10.6. The van der Waals surface area contributed by atoms with E-state index in [4.69, 9.17) is 9.47 Å². The third kappa shape index (κ3) is 5.60. The molecule has 0 aromatic heterocycles. The molecule has 1 unspecified atom stereocenters. The fourth-order valence-corrected chi connectivity index (χ4v) is 3.59. The summed E-state index contributed by atoms with van der Waals surface area (Å²) in [5.74, 6) is 0.481. The van der Waals surface area contributed by atoms with Crippen molar-refractivity contribution in [2.45, 2.75) is 32.4 Å². The lowest BCUT2D eigenvalue weighted by Gasteiger charge is -2.25. The molecule has 0 spiro atoms. The van der Waals surface area contributed by atoms with Crippen LogP contribution in [0, 0.1) is 5.82 Å². The van der Waals surface area contributed by atoms with Crippen LogP contribution in [0.25, 0.3) is 0 Å². The van der Waals surface area contributed by atoms with E-state index in [1.165, 1.54) is 22.0 Å². The summed E-state index contributed by atoms with van der Waals surface area (Å²) in [5.41, 5.74) is 2.11. The monoisotopic (exact) mass is 456 g/mol. The minimum atomic E-state index is -0.443. The van der Waals surface area contributed by atoms with Crippen LogP contribution in [0.1, 0.15) is 37.4 Å². The molecule has 3 amide bonds. The average molecular weight is 457 g/mol. The number of urea groups is 1.